The molecule has 1 heterocycles. The summed E-state index contributed by atoms with van der Waals surface area (Å²) in [6, 6.07) is 4.64. The molecule has 5 nitrogen and oxygen atoms in total. The van der Waals surface area contributed by atoms with Crippen molar-refractivity contribution in [1.29, 1.82) is 0 Å². The van der Waals surface area contributed by atoms with Crippen LogP contribution in [-0.4, -0.2) is 33.9 Å². The number of methoxy groups -OCH3 is 1. The molecule has 0 aromatic heterocycles. The molecule has 16 heavy (non-hydrogen) atoms. The Hall–Kier alpha value is -1.27. The first kappa shape index (κ1) is 11.2. The van der Waals surface area contributed by atoms with Crippen LogP contribution in [0.25, 0.3) is 0 Å². The van der Waals surface area contributed by atoms with Gasteiger partial charge < -0.3 is 15.8 Å². The van der Waals surface area contributed by atoms with Crippen molar-refractivity contribution in [3.63, 3.8) is 0 Å². The fourth-order valence-electron chi connectivity index (χ4n) is 1.76. The van der Waals surface area contributed by atoms with Crippen molar-refractivity contribution < 1.29 is 13.2 Å². The van der Waals surface area contributed by atoms with E-state index in [1.54, 1.807) is 25.3 Å². The third kappa shape index (κ3) is 1.85. The summed E-state index contributed by atoms with van der Waals surface area (Å²) in [4.78, 5) is 0.318. The molecule has 0 aliphatic carbocycles. The highest BCUT2D eigenvalue weighted by Gasteiger charge is 2.29. The average Bonchev–Trinajstić information content (AvgIpc) is 2.27. The fourth-order valence-corrected chi connectivity index (χ4v) is 3.42. The van der Waals surface area contributed by atoms with E-state index in [1.807, 2.05) is 0 Å². The molecular weight excluding hydrogens is 228 g/mol. The molecule has 1 unspecified atom stereocenters. The first-order valence-corrected chi connectivity index (χ1v) is 6.59. The Morgan fingerprint density at radius 3 is 2.94 bits per heavy atom. The Bertz CT molecular complexity index is 499. The second-order valence-electron chi connectivity index (χ2n) is 3.72. The molecule has 0 fully saturated rings. The Labute approximate surface area is 94.5 Å². The van der Waals surface area contributed by atoms with Gasteiger partial charge in [-0.15, -0.1) is 0 Å². The van der Waals surface area contributed by atoms with Crippen LogP contribution in [0.5, 0.6) is 5.75 Å². The van der Waals surface area contributed by atoms with Gasteiger partial charge in [0.2, 0.25) is 0 Å². The second kappa shape index (κ2) is 3.95. The Kier molecular flexibility index (Phi) is 2.77. The number of hydrogen-bond acceptors (Lipinski definition) is 5. The highest BCUT2D eigenvalue weighted by molar-refractivity contribution is 7.91. The lowest BCUT2D eigenvalue weighted by Crippen LogP contribution is -2.39. The summed E-state index contributed by atoms with van der Waals surface area (Å²) < 4.78 is 28.9. The van der Waals surface area contributed by atoms with Gasteiger partial charge in [-0.25, -0.2) is 8.42 Å². The van der Waals surface area contributed by atoms with Gasteiger partial charge in [0.1, 0.15) is 5.75 Å². The quantitative estimate of drug-likeness (QED) is 0.775. The molecule has 1 aromatic carbocycles. The molecule has 1 aliphatic heterocycles. The number of hydrogen-bond donors (Lipinski definition) is 2. The largest absolute Gasteiger partial charge is 0.497 e. The van der Waals surface area contributed by atoms with Crippen LogP contribution in [0.3, 0.4) is 0 Å². The van der Waals surface area contributed by atoms with E-state index in [2.05, 4.69) is 5.32 Å². The SMILES string of the molecule is COc1ccc2c(c1)NC(CN)CS2(=O)=O. The third-order valence-corrected chi connectivity index (χ3v) is 4.45. The molecule has 0 bridgehead atoms. The summed E-state index contributed by atoms with van der Waals surface area (Å²) in [5, 5.41) is 3.09. The molecule has 2 rings (SSSR count). The molecular formula is C10H14N2O3S. The molecule has 0 amide bonds. The summed E-state index contributed by atoms with van der Waals surface area (Å²) in [5.41, 5.74) is 6.06. The number of benzene rings is 1. The van der Waals surface area contributed by atoms with E-state index in [0.29, 0.717) is 16.3 Å². The van der Waals surface area contributed by atoms with Gasteiger partial charge in [-0.1, -0.05) is 0 Å². The van der Waals surface area contributed by atoms with Gasteiger partial charge in [-0.05, 0) is 12.1 Å². The van der Waals surface area contributed by atoms with Gasteiger partial charge in [0.15, 0.2) is 9.84 Å². The van der Waals surface area contributed by atoms with Crippen LogP contribution in [0.1, 0.15) is 0 Å². The van der Waals surface area contributed by atoms with E-state index in [-0.39, 0.29) is 18.3 Å². The Morgan fingerprint density at radius 1 is 1.56 bits per heavy atom. The Morgan fingerprint density at radius 2 is 2.31 bits per heavy atom. The van der Waals surface area contributed by atoms with Crippen molar-refractivity contribution >= 4 is 15.5 Å². The van der Waals surface area contributed by atoms with Crippen LogP contribution in [-0.2, 0) is 9.84 Å². The van der Waals surface area contributed by atoms with Crippen LogP contribution in [0, 0.1) is 0 Å². The smallest absolute Gasteiger partial charge is 0.182 e. The van der Waals surface area contributed by atoms with Crippen LogP contribution in [0.4, 0.5) is 5.69 Å². The number of sulfone groups is 1. The minimum Gasteiger partial charge on any atom is -0.497 e. The highest BCUT2D eigenvalue weighted by Crippen LogP contribution is 2.31. The standard InChI is InChI=1S/C10H14N2O3S/c1-15-8-2-3-10-9(4-8)12-7(5-11)6-16(10,13)14/h2-4,7,12H,5-6,11H2,1H3. The molecule has 1 aliphatic rings. The van der Waals surface area contributed by atoms with Crippen molar-refractivity contribution in [2.45, 2.75) is 10.9 Å². The maximum Gasteiger partial charge on any atom is 0.182 e. The van der Waals surface area contributed by atoms with Gasteiger partial charge in [-0.2, -0.15) is 0 Å². The van der Waals surface area contributed by atoms with Crippen LogP contribution >= 0.6 is 0 Å². The van der Waals surface area contributed by atoms with Crippen LogP contribution in [0.15, 0.2) is 23.1 Å². The van der Waals surface area contributed by atoms with E-state index in [4.69, 9.17) is 10.5 Å². The number of rotatable bonds is 2. The maximum atomic E-state index is 11.9. The van der Waals surface area contributed by atoms with Crippen molar-refractivity contribution in [3.05, 3.63) is 18.2 Å². The zero-order valence-corrected chi connectivity index (χ0v) is 9.75. The molecule has 88 valence electrons. The highest BCUT2D eigenvalue weighted by atomic mass is 32.2. The number of anilines is 1. The third-order valence-electron chi connectivity index (χ3n) is 2.59. The van der Waals surface area contributed by atoms with Crippen LogP contribution in [0.2, 0.25) is 0 Å². The van der Waals surface area contributed by atoms with Crippen LogP contribution < -0.4 is 15.8 Å². The van der Waals surface area contributed by atoms with Gasteiger partial charge in [0.25, 0.3) is 0 Å². The Balaban J connectivity index is 2.51. The topological polar surface area (TPSA) is 81.4 Å². The number of ether oxygens (including phenoxy) is 1. The van der Waals surface area contributed by atoms with Crippen molar-refractivity contribution in [1.82, 2.24) is 0 Å². The monoisotopic (exact) mass is 242 g/mol. The normalized spacial score (nSPS) is 22.0. The lowest BCUT2D eigenvalue weighted by atomic mass is 10.2. The zero-order chi connectivity index (χ0) is 11.8. The number of fused-ring (bicyclic) bond motifs is 1. The zero-order valence-electron chi connectivity index (χ0n) is 8.93. The lowest BCUT2D eigenvalue weighted by Gasteiger charge is -2.26. The van der Waals surface area contributed by atoms with Gasteiger partial charge >= 0.3 is 0 Å². The lowest BCUT2D eigenvalue weighted by molar-refractivity contribution is 0.414. The van der Waals surface area contributed by atoms with E-state index >= 15 is 0 Å². The first-order valence-electron chi connectivity index (χ1n) is 4.94. The van der Waals surface area contributed by atoms with E-state index in [0.717, 1.165) is 0 Å². The van der Waals surface area contributed by atoms with E-state index < -0.39 is 9.84 Å². The minimum atomic E-state index is -3.23. The van der Waals surface area contributed by atoms with E-state index in [1.165, 1.54) is 0 Å². The number of nitrogens with two attached hydrogens (primary N) is 1. The molecule has 1 aromatic rings. The maximum absolute atomic E-state index is 11.9. The molecule has 1 atom stereocenters. The van der Waals surface area contributed by atoms with Gasteiger partial charge in [-0.3, -0.25) is 0 Å². The average molecular weight is 242 g/mol. The molecule has 6 heteroatoms. The molecule has 0 spiro atoms. The fraction of sp³-hybridized carbons (Fsp3) is 0.400. The minimum absolute atomic E-state index is 0.0445. The second-order valence-corrected chi connectivity index (χ2v) is 5.72. The summed E-state index contributed by atoms with van der Waals surface area (Å²) in [5.74, 6) is 0.669. The van der Waals surface area contributed by atoms with Gasteiger partial charge in [0, 0.05) is 12.6 Å². The predicted molar refractivity (Wildman–Crippen MR) is 61.5 cm³/mol. The number of nitrogens with one attached hydrogen (secondary N) is 1. The first-order chi connectivity index (χ1) is 7.56. The summed E-state index contributed by atoms with van der Waals surface area (Å²) in [6.07, 6.45) is 0. The summed E-state index contributed by atoms with van der Waals surface area (Å²) >= 11 is 0. The summed E-state index contributed by atoms with van der Waals surface area (Å²) in [6.45, 7) is 0.288. The van der Waals surface area contributed by atoms with Crippen molar-refractivity contribution in [2.24, 2.45) is 5.73 Å². The van der Waals surface area contributed by atoms with Gasteiger partial charge in [0.05, 0.1) is 29.5 Å². The van der Waals surface area contributed by atoms with E-state index in [9.17, 15) is 8.42 Å². The molecule has 0 saturated heterocycles. The van der Waals surface area contributed by atoms with Crippen molar-refractivity contribution in [3.8, 4) is 5.75 Å². The van der Waals surface area contributed by atoms with Crippen molar-refractivity contribution in [2.75, 3.05) is 24.7 Å². The molecule has 0 saturated carbocycles. The molecule has 0 radical (unpaired) electrons. The predicted octanol–water partition coefficient (Wildman–Crippen LogP) is 0.222. The molecule has 3 N–H and O–H groups in total. The summed E-state index contributed by atoms with van der Waals surface area (Å²) in [7, 11) is -1.69.